The standard InChI is InChI=1S/C26H27ClF3N7/c1-16-3-6-20(31-22(16)28)34-12-25(13-34)14-35(15-25)23-33-32-21-9-36(24(2)10-26(29,30)11-24)8-17-7-18(27)4-5-19(17)37(21)23/h3-7H,8-15H2,1-2H3. The summed E-state index contributed by atoms with van der Waals surface area (Å²) in [6, 6.07) is 9.36. The lowest BCUT2D eigenvalue weighted by molar-refractivity contribution is -0.173. The Kier molecular flexibility index (Phi) is 4.78. The molecule has 5 heterocycles. The second-order valence-electron chi connectivity index (χ2n) is 11.6. The van der Waals surface area contributed by atoms with E-state index < -0.39 is 17.4 Å². The van der Waals surface area contributed by atoms with Gasteiger partial charge in [0.05, 0.1) is 12.2 Å². The van der Waals surface area contributed by atoms with Crippen molar-refractivity contribution in [3.05, 3.63) is 58.3 Å². The lowest BCUT2D eigenvalue weighted by Gasteiger charge is -2.60. The van der Waals surface area contributed by atoms with E-state index in [2.05, 4.69) is 34.4 Å². The molecule has 1 spiro atoms. The first-order valence-corrected chi connectivity index (χ1v) is 12.9. The molecule has 37 heavy (non-hydrogen) atoms. The third-order valence-corrected chi connectivity index (χ3v) is 8.70. The number of rotatable bonds is 3. The van der Waals surface area contributed by atoms with Gasteiger partial charge in [0.25, 0.3) is 5.92 Å². The molecule has 194 valence electrons. The Morgan fingerprint density at radius 1 is 0.946 bits per heavy atom. The number of halogens is 4. The minimum absolute atomic E-state index is 0.111. The third-order valence-electron chi connectivity index (χ3n) is 8.46. The average Bonchev–Trinajstić information content (AvgIpc) is 3.07. The summed E-state index contributed by atoms with van der Waals surface area (Å²) in [5.74, 6) is -0.882. The molecule has 0 amide bonds. The number of pyridine rings is 1. The molecule has 7 rings (SSSR count). The molecular weight excluding hydrogens is 503 g/mol. The molecule has 3 fully saturated rings. The number of benzene rings is 1. The summed E-state index contributed by atoms with van der Waals surface area (Å²) >= 11 is 6.35. The number of hydrogen-bond acceptors (Lipinski definition) is 6. The highest BCUT2D eigenvalue weighted by molar-refractivity contribution is 6.30. The molecule has 3 aromatic rings. The topological polar surface area (TPSA) is 53.3 Å². The number of nitrogens with zero attached hydrogens (tertiary/aromatic N) is 7. The molecule has 0 N–H and O–H groups in total. The van der Waals surface area contributed by atoms with Crippen LogP contribution in [0.25, 0.3) is 5.69 Å². The fraction of sp³-hybridized carbons (Fsp3) is 0.500. The Labute approximate surface area is 217 Å². The monoisotopic (exact) mass is 529 g/mol. The SMILES string of the molecule is Cc1ccc(N2CC3(C2)CN(c2nnc4n2-c2ccc(Cl)cc2CN(C2(C)CC(F)(F)C2)C4)C3)nc1F. The van der Waals surface area contributed by atoms with Gasteiger partial charge in [-0.05, 0) is 43.7 Å². The van der Waals surface area contributed by atoms with E-state index in [0.29, 0.717) is 29.5 Å². The molecule has 0 atom stereocenters. The number of aryl methyl sites for hydroxylation is 1. The smallest absolute Gasteiger partial charge is 0.251 e. The zero-order chi connectivity index (χ0) is 25.7. The van der Waals surface area contributed by atoms with Crippen LogP contribution in [-0.2, 0) is 13.1 Å². The van der Waals surface area contributed by atoms with E-state index in [1.165, 1.54) is 0 Å². The highest BCUT2D eigenvalue weighted by Gasteiger charge is 2.57. The number of fused-ring (bicyclic) bond motifs is 3. The van der Waals surface area contributed by atoms with Crippen molar-refractivity contribution < 1.29 is 13.2 Å². The maximum absolute atomic E-state index is 13.9. The maximum Gasteiger partial charge on any atom is 0.251 e. The van der Waals surface area contributed by atoms with E-state index in [9.17, 15) is 13.2 Å². The summed E-state index contributed by atoms with van der Waals surface area (Å²) < 4.78 is 43.8. The van der Waals surface area contributed by atoms with Crippen LogP contribution in [0.4, 0.5) is 24.9 Å². The molecule has 3 aliphatic heterocycles. The second-order valence-corrected chi connectivity index (χ2v) is 12.0. The molecule has 11 heteroatoms. The predicted molar refractivity (Wildman–Crippen MR) is 134 cm³/mol. The lowest BCUT2D eigenvalue weighted by atomic mass is 9.73. The van der Waals surface area contributed by atoms with Crippen LogP contribution >= 0.6 is 11.6 Å². The van der Waals surface area contributed by atoms with Gasteiger partial charge in [0.15, 0.2) is 5.82 Å². The second kappa shape index (κ2) is 7.60. The molecule has 2 aromatic heterocycles. The van der Waals surface area contributed by atoms with Gasteiger partial charge in [0, 0.05) is 67.1 Å². The first-order chi connectivity index (χ1) is 17.5. The molecule has 1 aromatic carbocycles. The normalized spacial score (nSPS) is 23.0. The molecule has 4 aliphatic rings. The Balaban J connectivity index is 1.14. The van der Waals surface area contributed by atoms with Gasteiger partial charge in [-0.25, -0.2) is 13.8 Å². The Bertz CT molecular complexity index is 1400. The van der Waals surface area contributed by atoms with Crippen molar-refractivity contribution in [1.82, 2.24) is 24.6 Å². The molecule has 0 bridgehead atoms. The Morgan fingerprint density at radius 3 is 2.38 bits per heavy atom. The van der Waals surface area contributed by atoms with Crippen LogP contribution in [0.5, 0.6) is 0 Å². The van der Waals surface area contributed by atoms with Gasteiger partial charge in [-0.2, -0.15) is 4.39 Å². The fourth-order valence-corrected chi connectivity index (χ4v) is 6.76. The molecule has 0 unspecified atom stereocenters. The Hall–Kier alpha value is -2.85. The molecule has 0 radical (unpaired) electrons. The van der Waals surface area contributed by atoms with Crippen LogP contribution in [-0.4, -0.2) is 62.3 Å². The summed E-state index contributed by atoms with van der Waals surface area (Å²) in [5, 5.41) is 9.68. The van der Waals surface area contributed by atoms with Gasteiger partial charge >= 0.3 is 0 Å². The van der Waals surface area contributed by atoms with Crippen molar-refractivity contribution in [1.29, 1.82) is 0 Å². The van der Waals surface area contributed by atoms with E-state index in [1.807, 2.05) is 31.2 Å². The average molecular weight is 530 g/mol. The molecule has 7 nitrogen and oxygen atoms in total. The quantitative estimate of drug-likeness (QED) is 0.463. The van der Waals surface area contributed by atoms with Crippen LogP contribution in [0.2, 0.25) is 5.02 Å². The third kappa shape index (κ3) is 3.63. The van der Waals surface area contributed by atoms with Crippen LogP contribution in [0.1, 0.15) is 36.7 Å². The number of aromatic nitrogens is 4. The lowest BCUT2D eigenvalue weighted by Crippen LogP contribution is -2.73. The molecule has 1 saturated carbocycles. The van der Waals surface area contributed by atoms with Crippen molar-refractivity contribution >= 4 is 23.4 Å². The van der Waals surface area contributed by atoms with Crippen LogP contribution in [0.3, 0.4) is 0 Å². The Morgan fingerprint density at radius 2 is 1.68 bits per heavy atom. The van der Waals surface area contributed by atoms with Crippen LogP contribution < -0.4 is 9.80 Å². The van der Waals surface area contributed by atoms with E-state index >= 15 is 0 Å². The highest BCUT2D eigenvalue weighted by Crippen LogP contribution is 2.51. The zero-order valence-electron chi connectivity index (χ0n) is 20.7. The van der Waals surface area contributed by atoms with Crippen molar-refractivity contribution in [2.75, 3.05) is 36.0 Å². The first-order valence-electron chi connectivity index (χ1n) is 12.5. The van der Waals surface area contributed by atoms with Crippen molar-refractivity contribution in [2.24, 2.45) is 5.41 Å². The van der Waals surface area contributed by atoms with Crippen molar-refractivity contribution in [3.63, 3.8) is 0 Å². The number of hydrogen-bond donors (Lipinski definition) is 0. The summed E-state index contributed by atoms with van der Waals surface area (Å²) in [5.41, 5.74) is 1.96. The molecule has 2 saturated heterocycles. The molecule has 1 aliphatic carbocycles. The summed E-state index contributed by atoms with van der Waals surface area (Å²) in [6.45, 7) is 7.81. The van der Waals surface area contributed by atoms with Crippen molar-refractivity contribution in [3.8, 4) is 5.69 Å². The van der Waals surface area contributed by atoms with Crippen molar-refractivity contribution in [2.45, 2.75) is 51.2 Å². The fourth-order valence-electron chi connectivity index (χ4n) is 6.56. The summed E-state index contributed by atoms with van der Waals surface area (Å²) in [4.78, 5) is 10.5. The molecular formula is C26H27ClF3N7. The maximum atomic E-state index is 13.9. The van der Waals surface area contributed by atoms with E-state index in [1.54, 1.807) is 13.0 Å². The summed E-state index contributed by atoms with van der Waals surface area (Å²) in [7, 11) is 0. The van der Waals surface area contributed by atoms with Crippen LogP contribution in [0.15, 0.2) is 30.3 Å². The predicted octanol–water partition coefficient (Wildman–Crippen LogP) is 4.59. The van der Waals surface area contributed by atoms with Gasteiger partial charge < -0.3 is 9.80 Å². The van der Waals surface area contributed by atoms with Gasteiger partial charge in [-0.3, -0.25) is 9.47 Å². The zero-order valence-corrected chi connectivity index (χ0v) is 21.4. The minimum atomic E-state index is -2.63. The van der Waals surface area contributed by atoms with E-state index in [0.717, 1.165) is 49.2 Å². The summed E-state index contributed by atoms with van der Waals surface area (Å²) in [6.07, 6.45) is -0.330. The van der Waals surface area contributed by atoms with Crippen LogP contribution in [0, 0.1) is 18.3 Å². The largest absolute Gasteiger partial charge is 0.355 e. The van der Waals surface area contributed by atoms with Gasteiger partial charge in [-0.15, -0.1) is 10.2 Å². The van der Waals surface area contributed by atoms with Gasteiger partial charge in [-0.1, -0.05) is 17.7 Å². The van der Waals surface area contributed by atoms with Gasteiger partial charge in [0.2, 0.25) is 11.9 Å². The number of anilines is 2. The van der Waals surface area contributed by atoms with Gasteiger partial charge in [0.1, 0.15) is 5.82 Å². The minimum Gasteiger partial charge on any atom is -0.355 e. The van der Waals surface area contributed by atoms with E-state index in [-0.39, 0.29) is 18.3 Å². The number of alkyl halides is 2. The first kappa shape index (κ1) is 23.3. The van der Waals surface area contributed by atoms with E-state index in [4.69, 9.17) is 11.6 Å². The highest BCUT2D eigenvalue weighted by atomic mass is 35.5.